The molecule has 0 radical (unpaired) electrons. The maximum atomic E-state index is 14.1. The second kappa shape index (κ2) is 14.3. The lowest BCUT2D eigenvalue weighted by Gasteiger charge is -2.35. The molecule has 4 N–H and O–H groups in total. The van der Waals surface area contributed by atoms with Crippen LogP contribution in [0.1, 0.15) is 69.7 Å². The van der Waals surface area contributed by atoms with E-state index >= 15 is 0 Å². The maximum absolute atomic E-state index is 14.1. The molecule has 0 fully saturated rings. The molecule has 0 aliphatic carbocycles. The molecule has 10 heteroatoms. The van der Waals surface area contributed by atoms with Crippen molar-refractivity contribution in [3.8, 4) is 5.75 Å². The van der Waals surface area contributed by atoms with Gasteiger partial charge in [0.2, 0.25) is 11.8 Å². The highest BCUT2D eigenvalue weighted by Crippen LogP contribution is 2.29. The van der Waals surface area contributed by atoms with E-state index in [4.69, 9.17) is 15.2 Å². The van der Waals surface area contributed by atoms with E-state index in [1.54, 1.807) is 52.1 Å². The van der Waals surface area contributed by atoms with Crippen molar-refractivity contribution in [2.45, 2.75) is 78.5 Å². The van der Waals surface area contributed by atoms with Crippen LogP contribution >= 0.6 is 0 Å². The first-order valence-electron chi connectivity index (χ1n) is 13.4. The second-order valence-electron chi connectivity index (χ2n) is 10.7. The van der Waals surface area contributed by atoms with Crippen molar-refractivity contribution < 1.29 is 28.7 Å². The number of hydrogen-bond acceptors (Lipinski definition) is 6. The Bertz CT molecular complexity index is 1190. The highest BCUT2D eigenvalue weighted by atomic mass is 16.6. The molecule has 0 aromatic heterocycles. The van der Waals surface area contributed by atoms with E-state index in [2.05, 4.69) is 10.6 Å². The molecule has 0 saturated carbocycles. The predicted octanol–water partition coefficient (Wildman–Crippen LogP) is 4.39. The van der Waals surface area contributed by atoms with Crippen LogP contribution in [0.5, 0.6) is 5.75 Å². The number of hydrogen-bond donors (Lipinski definition) is 3. The van der Waals surface area contributed by atoms with E-state index in [0.29, 0.717) is 23.4 Å². The Hall–Kier alpha value is -4.08. The molecular weight excluding hydrogens is 512 g/mol. The van der Waals surface area contributed by atoms with Crippen LogP contribution in [0, 0.1) is 13.8 Å². The molecule has 0 aliphatic rings. The molecule has 2 atom stereocenters. The van der Waals surface area contributed by atoms with Crippen molar-refractivity contribution in [2.75, 3.05) is 19.0 Å². The third kappa shape index (κ3) is 9.59. The minimum atomic E-state index is -1.14. The van der Waals surface area contributed by atoms with Crippen molar-refractivity contribution in [3.05, 3.63) is 59.2 Å². The second-order valence-corrected chi connectivity index (χ2v) is 10.7. The minimum Gasteiger partial charge on any atom is -0.497 e. The Morgan fingerprint density at radius 2 is 1.68 bits per heavy atom. The fourth-order valence-corrected chi connectivity index (χ4v) is 4.19. The molecular formula is C30H42N4O6. The highest BCUT2D eigenvalue weighted by Gasteiger charge is 2.36. The van der Waals surface area contributed by atoms with Gasteiger partial charge in [-0.3, -0.25) is 14.4 Å². The highest BCUT2D eigenvalue weighted by molar-refractivity contribution is 5.99. The molecule has 4 amide bonds. The van der Waals surface area contributed by atoms with Gasteiger partial charge in [0, 0.05) is 18.7 Å². The van der Waals surface area contributed by atoms with Gasteiger partial charge in [-0.2, -0.15) is 0 Å². The third-order valence-corrected chi connectivity index (χ3v) is 6.06. The number of methoxy groups -OCH3 is 1. The zero-order chi connectivity index (χ0) is 30.0. The molecule has 2 aromatic rings. The van der Waals surface area contributed by atoms with Crippen molar-refractivity contribution in [1.29, 1.82) is 0 Å². The summed E-state index contributed by atoms with van der Waals surface area (Å²) in [6.07, 6.45) is -0.457. The van der Waals surface area contributed by atoms with Gasteiger partial charge in [-0.1, -0.05) is 30.7 Å². The fraction of sp³-hybridized carbons (Fsp3) is 0.467. The number of ether oxygens (including phenoxy) is 2. The third-order valence-electron chi connectivity index (χ3n) is 6.06. The zero-order valence-corrected chi connectivity index (χ0v) is 24.5. The first kappa shape index (κ1) is 32.1. The monoisotopic (exact) mass is 554 g/mol. The maximum Gasteiger partial charge on any atom is 0.408 e. The number of primary amides is 1. The Labute approximate surface area is 236 Å². The van der Waals surface area contributed by atoms with Gasteiger partial charge in [-0.15, -0.1) is 0 Å². The normalized spacial score (nSPS) is 12.6. The zero-order valence-electron chi connectivity index (χ0n) is 24.5. The van der Waals surface area contributed by atoms with E-state index in [1.807, 2.05) is 39.0 Å². The Kier molecular flexibility index (Phi) is 11.5. The van der Waals surface area contributed by atoms with Gasteiger partial charge in [0.05, 0.1) is 7.11 Å². The van der Waals surface area contributed by atoms with Crippen LogP contribution in [0.4, 0.5) is 10.5 Å². The molecule has 0 saturated heterocycles. The lowest BCUT2D eigenvalue weighted by molar-refractivity contribution is -0.141. The molecule has 2 rings (SSSR count). The van der Waals surface area contributed by atoms with Crippen molar-refractivity contribution >= 4 is 29.5 Å². The Balaban J connectivity index is 2.54. The molecule has 0 aliphatic heterocycles. The van der Waals surface area contributed by atoms with Crippen LogP contribution in [0.3, 0.4) is 0 Å². The van der Waals surface area contributed by atoms with Crippen molar-refractivity contribution in [1.82, 2.24) is 10.2 Å². The van der Waals surface area contributed by atoms with Crippen LogP contribution in [-0.4, -0.2) is 54.0 Å². The van der Waals surface area contributed by atoms with Crippen LogP contribution in [0.2, 0.25) is 0 Å². The molecule has 0 spiro atoms. The molecule has 2 aromatic carbocycles. The topological polar surface area (TPSA) is 140 Å². The summed E-state index contributed by atoms with van der Waals surface area (Å²) in [5.74, 6) is -0.928. The number of alkyl carbamates (subject to hydrolysis) is 1. The number of nitrogens with zero attached hydrogens (tertiary/aromatic N) is 1. The summed E-state index contributed by atoms with van der Waals surface area (Å²) in [5.41, 5.74) is 7.49. The average Bonchev–Trinajstić information content (AvgIpc) is 2.87. The SMILES string of the molecule is CCCN(C(=O)C(CCC(N)=O)NC(=O)OC(C)(C)C)C(C(=O)Nc1ccc(OC)cc1)c1cc(C)ccc1C. The molecule has 218 valence electrons. The van der Waals surface area contributed by atoms with E-state index in [1.165, 1.54) is 4.90 Å². The number of benzene rings is 2. The first-order chi connectivity index (χ1) is 18.7. The number of rotatable bonds is 12. The summed E-state index contributed by atoms with van der Waals surface area (Å²) in [6.45, 7) is 11.0. The Morgan fingerprint density at radius 3 is 2.23 bits per heavy atom. The number of carbonyl (C=O) groups is 4. The number of nitrogens with one attached hydrogen (secondary N) is 2. The number of carbonyl (C=O) groups excluding carboxylic acids is 4. The minimum absolute atomic E-state index is 0.0484. The Morgan fingerprint density at radius 1 is 1.02 bits per heavy atom. The molecule has 10 nitrogen and oxygen atoms in total. The smallest absolute Gasteiger partial charge is 0.408 e. The summed E-state index contributed by atoms with van der Waals surface area (Å²) in [6, 6.07) is 10.4. The average molecular weight is 555 g/mol. The fourth-order valence-electron chi connectivity index (χ4n) is 4.19. The summed E-state index contributed by atoms with van der Waals surface area (Å²) >= 11 is 0. The van der Waals surface area contributed by atoms with Crippen LogP contribution in [-0.2, 0) is 19.1 Å². The molecule has 0 heterocycles. The van der Waals surface area contributed by atoms with Crippen LogP contribution in [0.15, 0.2) is 42.5 Å². The van der Waals surface area contributed by atoms with Gasteiger partial charge in [0.1, 0.15) is 23.4 Å². The van der Waals surface area contributed by atoms with Crippen molar-refractivity contribution in [3.63, 3.8) is 0 Å². The molecule has 0 bridgehead atoms. The van der Waals surface area contributed by atoms with Gasteiger partial charge >= 0.3 is 6.09 Å². The number of nitrogens with two attached hydrogens (primary N) is 1. The van der Waals surface area contributed by atoms with Gasteiger partial charge < -0.3 is 30.7 Å². The van der Waals surface area contributed by atoms with E-state index in [9.17, 15) is 19.2 Å². The summed E-state index contributed by atoms with van der Waals surface area (Å²) in [5, 5.41) is 5.51. The number of anilines is 1. The van der Waals surface area contributed by atoms with Gasteiger partial charge in [-0.05, 0) is 82.9 Å². The van der Waals surface area contributed by atoms with Crippen molar-refractivity contribution in [2.24, 2.45) is 5.73 Å². The van der Waals surface area contributed by atoms with E-state index < -0.39 is 41.5 Å². The number of aryl methyl sites for hydroxylation is 2. The van der Waals surface area contributed by atoms with E-state index in [-0.39, 0.29) is 19.4 Å². The summed E-state index contributed by atoms with van der Waals surface area (Å²) in [4.78, 5) is 53.7. The quantitative estimate of drug-likeness (QED) is 0.356. The lowest BCUT2D eigenvalue weighted by atomic mass is 9.95. The molecule has 40 heavy (non-hydrogen) atoms. The summed E-state index contributed by atoms with van der Waals surface area (Å²) in [7, 11) is 1.55. The van der Waals surface area contributed by atoms with Gasteiger partial charge in [-0.25, -0.2) is 4.79 Å². The van der Waals surface area contributed by atoms with Gasteiger partial charge in [0.25, 0.3) is 5.91 Å². The van der Waals surface area contributed by atoms with Crippen LogP contribution in [0.25, 0.3) is 0 Å². The van der Waals surface area contributed by atoms with E-state index in [0.717, 1.165) is 11.1 Å². The standard InChI is InChI=1S/C30H42N4O6/c1-8-17-34(28(37)24(15-16-25(31)35)33-29(38)40-30(4,5)6)26(23-18-19(2)9-10-20(23)3)27(36)32-21-11-13-22(39-7)14-12-21/h9-14,18,24,26H,8,15-17H2,1-7H3,(H2,31,35)(H,32,36)(H,33,38). The summed E-state index contributed by atoms with van der Waals surface area (Å²) < 4.78 is 10.6. The first-order valence-corrected chi connectivity index (χ1v) is 13.4. The van der Waals surface area contributed by atoms with Crippen LogP contribution < -0.4 is 21.1 Å². The predicted molar refractivity (Wildman–Crippen MR) is 154 cm³/mol. The molecule has 2 unspecified atom stereocenters. The van der Waals surface area contributed by atoms with Gasteiger partial charge in [0.15, 0.2) is 0 Å². The lowest BCUT2D eigenvalue weighted by Crippen LogP contribution is -2.53. The number of amides is 4. The largest absolute Gasteiger partial charge is 0.497 e.